The summed E-state index contributed by atoms with van der Waals surface area (Å²) in [6.07, 6.45) is 4.16. The Bertz CT molecular complexity index is 765. The molecular formula is C19H29N5OS. The van der Waals surface area contributed by atoms with Crippen molar-refractivity contribution in [2.24, 2.45) is 0 Å². The number of amides is 1. The summed E-state index contributed by atoms with van der Waals surface area (Å²) in [6.45, 7) is 12.6. The second-order valence-electron chi connectivity index (χ2n) is 8.24. The van der Waals surface area contributed by atoms with Crippen molar-refractivity contribution in [3.05, 3.63) is 28.5 Å². The van der Waals surface area contributed by atoms with Crippen LogP contribution in [0.25, 0.3) is 0 Å². The third-order valence-corrected chi connectivity index (χ3v) is 5.76. The molecule has 3 heterocycles. The van der Waals surface area contributed by atoms with Crippen molar-refractivity contribution < 1.29 is 4.79 Å². The highest BCUT2D eigenvalue weighted by Gasteiger charge is 2.24. The highest BCUT2D eigenvalue weighted by Crippen LogP contribution is 2.32. The van der Waals surface area contributed by atoms with Crippen LogP contribution in [-0.2, 0) is 5.54 Å². The molecule has 2 N–H and O–H groups in total. The molecule has 1 amide bonds. The number of anilines is 1. The van der Waals surface area contributed by atoms with Crippen LogP contribution < -0.4 is 10.6 Å². The van der Waals surface area contributed by atoms with Gasteiger partial charge in [0.05, 0.1) is 5.54 Å². The summed E-state index contributed by atoms with van der Waals surface area (Å²) in [5.74, 6) is 0.655. The average Bonchev–Trinajstić information content (AvgIpc) is 3.22. The first-order chi connectivity index (χ1) is 12.3. The fourth-order valence-electron chi connectivity index (χ4n) is 3.26. The summed E-state index contributed by atoms with van der Waals surface area (Å²) in [5.41, 5.74) is 1.35. The predicted octanol–water partition coefficient (Wildman–Crippen LogP) is 3.94. The van der Waals surface area contributed by atoms with E-state index >= 15 is 0 Å². The highest BCUT2D eigenvalue weighted by molar-refractivity contribution is 7.15. The standard InChI is InChI=1S/C19H29N5OS/c1-12(2)15-10-14(23-24(15)19(3,4)5)17(25)22-18-21-11-16(26-18)13-6-8-20-9-7-13/h10-13,20H,6-9H2,1-5H3,(H,21,22,25). The maximum atomic E-state index is 12.7. The zero-order valence-corrected chi connectivity index (χ0v) is 17.1. The number of hydrogen-bond donors (Lipinski definition) is 2. The average molecular weight is 376 g/mol. The molecule has 2 aromatic rings. The minimum absolute atomic E-state index is 0.165. The number of hydrogen-bond acceptors (Lipinski definition) is 5. The van der Waals surface area contributed by atoms with Crippen LogP contribution in [0, 0.1) is 0 Å². The van der Waals surface area contributed by atoms with Crippen LogP contribution >= 0.6 is 11.3 Å². The number of thiazole rings is 1. The molecule has 0 atom stereocenters. The van der Waals surface area contributed by atoms with E-state index < -0.39 is 0 Å². The molecule has 0 saturated carbocycles. The maximum absolute atomic E-state index is 12.7. The summed E-state index contributed by atoms with van der Waals surface area (Å²) >= 11 is 1.58. The van der Waals surface area contributed by atoms with Gasteiger partial charge in [-0.3, -0.25) is 14.8 Å². The van der Waals surface area contributed by atoms with Crippen LogP contribution in [0.4, 0.5) is 5.13 Å². The lowest BCUT2D eigenvalue weighted by molar-refractivity contribution is 0.102. The van der Waals surface area contributed by atoms with Gasteiger partial charge in [0, 0.05) is 16.8 Å². The van der Waals surface area contributed by atoms with Crippen LogP contribution in [0.5, 0.6) is 0 Å². The van der Waals surface area contributed by atoms with Crippen LogP contribution in [0.15, 0.2) is 12.3 Å². The lowest BCUT2D eigenvalue weighted by Crippen LogP contribution is -2.26. The lowest BCUT2D eigenvalue weighted by Gasteiger charge is -2.23. The van der Waals surface area contributed by atoms with Gasteiger partial charge in [0.2, 0.25) is 0 Å². The van der Waals surface area contributed by atoms with Crippen molar-refractivity contribution in [2.75, 3.05) is 18.4 Å². The van der Waals surface area contributed by atoms with Gasteiger partial charge in [-0.15, -0.1) is 11.3 Å². The van der Waals surface area contributed by atoms with Gasteiger partial charge in [0.1, 0.15) is 0 Å². The Kier molecular flexibility index (Phi) is 5.48. The Hall–Kier alpha value is -1.73. The monoisotopic (exact) mass is 375 g/mol. The van der Waals surface area contributed by atoms with E-state index in [2.05, 4.69) is 55.3 Å². The summed E-state index contributed by atoms with van der Waals surface area (Å²) in [6, 6.07) is 1.90. The van der Waals surface area contributed by atoms with Gasteiger partial charge >= 0.3 is 0 Å². The molecule has 1 aliphatic rings. The normalized spacial score (nSPS) is 16.2. The van der Waals surface area contributed by atoms with Crippen LogP contribution in [0.3, 0.4) is 0 Å². The molecule has 1 aliphatic heterocycles. The first-order valence-corrected chi connectivity index (χ1v) is 10.2. The predicted molar refractivity (Wildman–Crippen MR) is 106 cm³/mol. The molecule has 26 heavy (non-hydrogen) atoms. The number of nitrogens with one attached hydrogen (secondary N) is 2. The Balaban J connectivity index is 1.75. The molecule has 7 heteroatoms. The molecule has 0 unspecified atom stereocenters. The molecule has 2 aromatic heterocycles. The fraction of sp³-hybridized carbons (Fsp3) is 0.632. The van der Waals surface area contributed by atoms with Crippen molar-refractivity contribution >= 4 is 22.4 Å². The van der Waals surface area contributed by atoms with Crippen LogP contribution in [0.2, 0.25) is 0 Å². The van der Waals surface area contributed by atoms with Gasteiger partial charge in [-0.05, 0) is 64.6 Å². The zero-order chi connectivity index (χ0) is 18.9. The van der Waals surface area contributed by atoms with Gasteiger partial charge in [-0.1, -0.05) is 13.8 Å². The first kappa shape index (κ1) is 19.0. The van der Waals surface area contributed by atoms with Crippen molar-refractivity contribution in [1.29, 1.82) is 0 Å². The van der Waals surface area contributed by atoms with E-state index in [9.17, 15) is 4.79 Å². The number of aromatic nitrogens is 3. The van der Waals surface area contributed by atoms with Gasteiger partial charge in [-0.2, -0.15) is 5.10 Å². The highest BCUT2D eigenvalue weighted by atomic mass is 32.1. The third kappa shape index (κ3) is 4.15. The third-order valence-electron chi connectivity index (χ3n) is 4.68. The Morgan fingerprint density at radius 3 is 2.62 bits per heavy atom. The first-order valence-electron chi connectivity index (χ1n) is 9.34. The number of piperidine rings is 1. The van der Waals surface area contributed by atoms with Gasteiger partial charge in [-0.25, -0.2) is 4.98 Å². The summed E-state index contributed by atoms with van der Waals surface area (Å²) in [5, 5.41) is 11.5. The minimum Gasteiger partial charge on any atom is -0.317 e. The molecule has 0 spiro atoms. The molecule has 0 bridgehead atoms. The minimum atomic E-state index is -0.193. The van der Waals surface area contributed by atoms with E-state index in [4.69, 9.17) is 0 Å². The molecule has 1 fully saturated rings. The van der Waals surface area contributed by atoms with Crippen LogP contribution in [-0.4, -0.2) is 33.8 Å². The fourth-order valence-corrected chi connectivity index (χ4v) is 4.24. The summed E-state index contributed by atoms with van der Waals surface area (Å²) in [4.78, 5) is 18.3. The molecule has 0 aliphatic carbocycles. The van der Waals surface area contributed by atoms with Gasteiger partial charge in [0.15, 0.2) is 10.8 Å². The Morgan fingerprint density at radius 2 is 2.04 bits per heavy atom. The second-order valence-corrected chi connectivity index (χ2v) is 9.30. The van der Waals surface area contributed by atoms with Gasteiger partial charge in [0.25, 0.3) is 5.91 Å². The molecular weight excluding hydrogens is 346 g/mol. The molecule has 3 rings (SSSR count). The second kappa shape index (κ2) is 7.48. The van der Waals surface area contributed by atoms with Crippen molar-refractivity contribution in [2.45, 2.75) is 64.8 Å². The van der Waals surface area contributed by atoms with Crippen molar-refractivity contribution in [3.8, 4) is 0 Å². The van der Waals surface area contributed by atoms with Crippen molar-refractivity contribution in [3.63, 3.8) is 0 Å². The number of carbonyl (C=O) groups excluding carboxylic acids is 1. The largest absolute Gasteiger partial charge is 0.317 e. The van der Waals surface area contributed by atoms with Gasteiger partial charge < -0.3 is 5.32 Å². The van der Waals surface area contributed by atoms with E-state index in [0.29, 0.717) is 22.7 Å². The molecule has 1 saturated heterocycles. The smallest absolute Gasteiger partial charge is 0.277 e. The summed E-state index contributed by atoms with van der Waals surface area (Å²) < 4.78 is 1.95. The van der Waals surface area contributed by atoms with E-state index in [0.717, 1.165) is 31.6 Å². The van der Waals surface area contributed by atoms with E-state index in [1.54, 1.807) is 11.3 Å². The van der Waals surface area contributed by atoms with E-state index in [1.165, 1.54) is 4.88 Å². The summed E-state index contributed by atoms with van der Waals surface area (Å²) in [7, 11) is 0. The Labute approximate surface area is 159 Å². The lowest BCUT2D eigenvalue weighted by atomic mass is 9.97. The molecule has 0 radical (unpaired) electrons. The molecule has 142 valence electrons. The van der Waals surface area contributed by atoms with E-state index in [-0.39, 0.29) is 11.4 Å². The van der Waals surface area contributed by atoms with Crippen molar-refractivity contribution in [1.82, 2.24) is 20.1 Å². The van der Waals surface area contributed by atoms with E-state index in [1.807, 2.05) is 16.9 Å². The topological polar surface area (TPSA) is 71.8 Å². The quantitative estimate of drug-likeness (QED) is 0.849. The number of rotatable bonds is 4. The SMILES string of the molecule is CC(C)c1cc(C(=O)Nc2ncc(C3CCNCC3)s2)nn1C(C)(C)C. The Morgan fingerprint density at radius 1 is 1.35 bits per heavy atom. The molecule has 0 aromatic carbocycles. The number of carbonyl (C=O) groups is 1. The number of nitrogens with zero attached hydrogens (tertiary/aromatic N) is 3. The zero-order valence-electron chi connectivity index (χ0n) is 16.3. The van der Waals surface area contributed by atoms with Crippen LogP contribution in [0.1, 0.15) is 80.4 Å². The maximum Gasteiger partial charge on any atom is 0.277 e. The molecule has 6 nitrogen and oxygen atoms in total.